The smallest absolute Gasteiger partial charge is 0.432 e. The molecule has 16 heavy (non-hydrogen) atoms. The van der Waals surface area contributed by atoms with Crippen molar-refractivity contribution >= 4 is 5.97 Å². The molecule has 0 saturated heterocycles. The minimum atomic E-state index is -5.03. The van der Waals surface area contributed by atoms with E-state index in [1.807, 2.05) is 0 Å². The molecule has 0 radical (unpaired) electrons. The fourth-order valence-corrected chi connectivity index (χ4v) is 1.40. The van der Waals surface area contributed by atoms with Gasteiger partial charge in [0.2, 0.25) is 0 Å². The molecule has 6 heteroatoms. The average Bonchev–Trinajstić information content (AvgIpc) is 2.18. The molecule has 0 fully saturated rings. The number of rotatable bonds is 3. The van der Waals surface area contributed by atoms with Gasteiger partial charge in [-0.1, -0.05) is 30.3 Å². The van der Waals surface area contributed by atoms with Gasteiger partial charge in [-0.15, -0.1) is 0 Å². The molecule has 0 heterocycles. The number of carboxylic acid groups (broad SMARTS) is 1. The van der Waals surface area contributed by atoms with E-state index >= 15 is 0 Å². The second kappa shape index (κ2) is 4.13. The average molecular weight is 234 g/mol. The van der Waals surface area contributed by atoms with Gasteiger partial charge in [0.05, 0.1) is 0 Å². The zero-order valence-electron chi connectivity index (χ0n) is 8.28. The summed E-state index contributed by atoms with van der Waals surface area (Å²) in [6, 6.07) is 6.24. The van der Waals surface area contributed by atoms with Crippen molar-refractivity contribution in [2.45, 2.75) is 11.8 Å². The van der Waals surface area contributed by atoms with Crippen LogP contribution in [0.1, 0.15) is 5.56 Å². The highest BCUT2D eigenvalue weighted by molar-refractivity contribution is 5.80. The normalized spacial score (nSPS) is 15.5. The molecular weight excluding hydrogens is 225 g/mol. The van der Waals surface area contributed by atoms with E-state index in [-0.39, 0.29) is 0 Å². The van der Waals surface area contributed by atoms with Crippen molar-refractivity contribution in [1.82, 2.24) is 0 Å². The maximum Gasteiger partial charge on any atom is 0.432 e. The zero-order valence-corrected chi connectivity index (χ0v) is 8.28. The molecular formula is C10H9F3O3. The fourth-order valence-electron chi connectivity index (χ4n) is 1.40. The molecule has 0 amide bonds. The lowest BCUT2D eigenvalue weighted by Crippen LogP contribution is -2.50. The Balaban J connectivity index is 3.42. The molecule has 88 valence electrons. The van der Waals surface area contributed by atoms with Crippen LogP contribution in [-0.2, 0) is 15.1 Å². The maximum atomic E-state index is 12.8. The van der Waals surface area contributed by atoms with Gasteiger partial charge in [0, 0.05) is 12.7 Å². The number of alkyl halides is 3. The van der Waals surface area contributed by atoms with Crippen LogP contribution in [0.25, 0.3) is 0 Å². The first kappa shape index (κ1) is 12.5. The third kappa shape index (κ3) is 1.76. The number of methoxy groups -OCH3 is 1. The molecule has 1 N–H and O–H groups in total. The number of carboxylic acids is 1. The van der Waals surface area contributed by atoms with E-state index < -0.39 is 23.3 Å². The van der Waals surface area contributed by atoms with Crippen LogP contribution >= 0.6 is 0 Å². The van der Waals surface area contributed by atoms with Crippen molar-refractivity contribution in [3.8, 4) is 0 Å². The Bertz CT molecular complexity index is 375. The van der Waals surface area contributed by atoms with Gasteiger partial charge in [0.15, 0.2) is 0 Å². The lowest BCUT2D eigenvalue weighted by Gasteiger charge is -2.30. The Morgan fingerprint density at radius 3 is 2.06 bits per heavy atom. The van der Waals surface area contributed by atoms with E-state index in [0.29, 0.717) is 7.11 Å². The van der Waals surface area contributed by atoms with Gasteiger partial charge in [0.1, 0.15) is 0 Å². The predicted molar refractivity (Wildman–Crippen MR) is 48.8 cm³/mol. The summed E-state index contributed by atoms with van der Waals surface area (Å²) in [5.74, 6) is -2.09. The molecule has 1 atom stereocenters. The molecule has 1 aromatic carbocycles. The van der Waals surface area contributed by atoms with E-state index in [9.17, 15) is 18.0 Å². The largest absolute Gasteiger partial charge is 0.479 e. The van der Waals surface area contributed by atoms with Crippen LogP contribution in [0.3, 0.4) is 0 Å². The molecule has 0 spiro atoms. The number of hydrogen-bond acceptors (Lipinski definition) is 2. The first-order valence-corrected chi connectivity index (χ1v) is 4.27. The van der Waals surface area contributed by atoms with E-state index in [1.165, 1.54) is 18.2 Å². The Kier molecular flexibility index (Phi) is 3.23. The van der Waals surface area contributed by atoms with Crippen LogP contribution in [-0.4, -0.2) is 24.4 Å². The predicted octanol–water partition coefficient (Wildman–Crippen LogP) is 2.18. The summed E-state index contributed by atoms with van der Waals surface area (Å²) in [6.07, 6.45) is -5.03. The van der Waals surface area contributed by atoms with Crippen LogP contribution in [0.15, 0.2) is 30.3 Å². The van der Waals surface area contributed by atoms with Gasteiger partial charge >= 0.3 is 12.1 Å². The zero-order chi connectivity index (χ0) is 12.4. The van der Waals surface area contributed by atoms with Gasteiger partial charge in [-0.25, -0.2) is 4.79 Å². The van der Waals surface area contributed by atoms with Gasteiger partial charge < -0.3 is 9.84 Å². The first-order valence-electron chi connectivity index (χ1n) is 4.27. The van der Waals surface area contributed by atoms with Gasteiger partial charge in [-0.3, -0.25) is 0 Å². The number of halogens is 3. The fraction of sp³-hybridized carbons (Fsp3) is 0.300. The van der Waals surface area contributed by atoms with Crippen molar-refractivity contribution in [1.29, 1.82) is 0 Å². The minimum absolute atomic E-state index is 0.461. The molecule has 0 aliphatic rings. The highest BCUT2D eigenvalue weighted by atomic mass is 19.4. The maximum absolute atomic E-state index is 12.8. The van der Waals surface area contributed by atoms with Gasteiger partial charge in [-0.2, -0.15) is 13.2 Å². The van der Waals surface area contributed by atoms with E-state index in [1.54, 1.807) is 0 Å². The van der Waals surface area contributed by atoms with Crippen LogP contribution in [0.5, 0.6) is 0 Å². The molecule has 1 rings (SSSR count). The van der Waals surface area contributed by atoms with Crippen LogP contribution in [0, 0.1) is 0 Å². The monoisotopic (exact) mass is 234 g/mol. The lowest BCUT2D eigenvalue weighted by molar-refractivity contribution is -0.273. The highest BCUT2D eigenvalue weighted by Crippen LogP contribution is 2.41. The molecule has 1 unspecified atom stereocenters. The van der Waals surface area contributed by atoms with Crippen molar-refractivity contribution in [2.24, 2.45) is 0 Å². The lowest BCUT2D eigenvalue weighted by atomic mass is 9.93. The minimum Gasteiger partial charge on any atom is -0.479 e. The highest BCUT2D eigenvalue weighted by Gasteiger charge is 2.63. The molecule has 0 aliphatic heterocycles. The molecule has 0 bridgehead atoms. The van der Waals surface area contributed by atoms with Crippen molar-refractivity contribution in [3.05, 3.63) is 35.9 Å². The molecule has 0 saturated carbocycles. The third-order valence-corrected chi connectivity index (χ3v) is 2.19. The Hall–Kier alpha value is -1.56. The second-order valence-corrected chi connectivity index (χ2v) is 3.05. The number of carbonyl (C=O) groups is 1. The van der Waals surface area contributed by atoms with Crippen molar-refractivity contribution < 1.29 is 27.8 Å². The molecule has 1 aromatic rings. The summed E-state index contributed by atoms with van der Waals surface area (Å²) in [4.78, 5) is 10.9. The quantitative estimate of drug-likeness (QED) is 0.871. The Morgan fingerprint density at radius 1 is 1.25 bits per heavy atom. The topological polar surface area (TPSA) is 46.5 Å². The molecule has 3 nitrogen and oxygen atoms in total. The molecule has 0 aromatic heterocycles. The van der Waals surface area contributed by atoms with Gasteiger partial charge in [0.25, 0.3) is 5.60 Å². The number of ether oxygens (including phenoxy) is 1. The van der Waals surface area contributed by atoms with Crippen molar-refractivity contribution in [2.75, 3.05) is 7.11 Å². The van der Waals surface area contributed by atoms with E-state index in [4.69, 9.17) is 5.11 Å². The number of aliphatic carboxylic acids is 1. The molecule has 0 aliphatic carbocycles. The SMILES string of the molecule is COC(C(=O)O)(c1ccccc1)C(F)(F)F. The summed E-state index contributed by atoms with van der Waals surface area (Å²) in [6.45, 7) is 0. The van der Waals surface area contributed by atoms with Gasteiger partial charge in [-0.05, 0) is 0 Å². The summed E-state index contributed by atoms with van der Waals surface area (Å²) in [5.41, 5.74) is -3.77. The van der Waals surface area contributed by atoms with Crippen molar-refractivity contribution in [3.63, 3.8) is 0 Å². The second-order valence-electron chi connectivity index (χ2n) is 3.05. The Labute approximate surface area is 89.5 Å². The number of hydrogen-bond donors (Lipinski definition) is 1. The first-order chi connectivity index (χ1) is 7.36. The summed E-state index contributed by atoms with van der Waals surface area (Å²) >= 11 is 0. The van der Waals surface area contributed by atoms with E-state index in [2.05, 4.69) is 4.74 Å². The van der Waals surface area contributed by atoms with Crippen LogP contribution < -0.4 is 0 Å². The number of benzene rings is 1. The summed E-state index contributed by atoms with van der Waals surface area (Å²) in [5, 5.41) is 8.77. The standard InChI is InChI=1S/C10H9F3O3/c1-16-9(8(14)15,10(11,12)13)7-5-3-2-4-6-7/h2-6H,1H3,(H,14,15). The third-order valence-electron chi connectivity index (χ3n) is 2.19. The van der Waals surface area contributed by atoms with Crippen LogP contribution in [0.4, 0.5) is 13.2 Å². The summed E-state index contributed by atoms with van der Waals surface area (Å²) < 4.78 is 42.6. The van der Waals surface area contributed by atoms with E-state index in [0.717, 1.165) is 12.1 Å². The van der Waals surface area contributed by atoms with Crippen LogP contribution in [0.2, 0.25) is 0 Å². The Morgan fingerprint density at radius 2 is 1.75 bits per heavy atom. The summed E-state index contributed by atoms with van der Waals surface area (Å²) in [7, 11) is 0.717.